The highest BCUT2D eigenvalue weighted by Crippen LogP contribution is 2.15. The van der Waals surface area contributed by atoms with E-state index in [1.165, 1.54) is 17.8 Å². The van der Waals surface area contributed by atoms with Gasteiger partial charge in [0.15, 0.2) is 5.03 Å². The van der Waals surface area contributed by atoms with Crippen molar-refractivity contribution in [2.24, 2.45) is 7.05 Å². The Bertz CT molecular complexity index is 423. The molecule has 0 spiro atoms. The van der Waals surface area contributed by atoms with Gasteiger partial charge in [-0.2, -0.15) is 4.31 Å². The maximum Gasteiger partial charge on any atom is 0.261 e. The summed E-state index contributed by atoms with van der Waals surface area (Å²) < 4.78 is 26.0. The lowest BCUT2D eigenvalue weighted by molar-refractivity contribution is 0.266. The average Bonchev–Trinajstić information content (AvgIpc) is 2.48. The lowest BCUT2D eigenvalue weighted by Crippen LogP contribution is -2.29. The average molecular weight is 254 g/mol. The number of likely N-dealkylation sites (N-methyl/N-ethyl adjacent to an activating group) is 1. The van der Waals surface area contributed by atoms with Crippen LogP contribution in [0.4, 0.5) is 0 Å². The minimum absolute atomic E-state index is 0.0243. The summed E-state index contributed by atoms with van der Waals surface area (Å²) in [5, 5.41) is 8.63. The second-order valence-corrected chi connectivity index (χ2v) is 5.34. The predicted molar refractivity (Wildman–Crippen MR) is 55.1 cm³/mol. The van der Waals surface area contributed by atoms with E-state index in [0.717, 1.165) is 4.31 Å². The maximum atomic E-state index is 11.8. The predicted octanol–water partition coefficient (Wildman–Crippen LogP) is -0.314. The molecule has 0 amide bonds. The molecule has 1 aromatic rings. The van der Waals surface area contributed by atoms with E-state index in [1.54, 1.807) is 7.05 Å². The molecule has 0 saturated carbocycles. The third-order valence-electron chi connectivity index (χ3n) is 1.89. The Balaban J connectivity index is 3.06. The third kappa shape index (κ3) is 2.49. The molecule has 1 N–H and O–H groups in total. The van der Waals surface area contributed by atoms with Gasteiger partial charge in [-0.05, 0) is 11.6 Å². The fraction of sp³-hybridized carbons (Fsp3) is 0.571. The number of aliphatic hydroxyl groups is 1. The second-order valence-electron chi connectivity index (χ2n) is 3.01. The molecule has 0 bridgehead atoms. The van der Waals surface area contributed by atoms with Gasteiger partial charge in [0.1, 0.15) is 0 Å². The van der Waals surface area contributed by atoms with E-state index in [-0.39, 0.29) is 23.5 Å². The minimum Gasteiger partial charge on any atom is -0.395 e. The SMILES string of the molecule is CN(CCO)S(=O)(=O)c1cn(C)c(Cl)n1. The summed E-state index contributed by atoms with van der Waals surface area (Å²) in [5.74, 6) is 0. The van der Waals surface area contributed by atoms with Crippen molar-refractivity contribution in [2.45, 2.75) is 5.03 Å². The van der Waals surface area contributed by atoms with Crippen molar-refractivity contribution in [3.63, 3.8) is 0 Å². The van der Waals surface area contributed by atoms with Crippen LogP contribution in [0.1, 0.15) is 0 Å². The van der Waals surface area contributed by atoms with E-state index in [0.29, 0.717) is 0 Å². The summed E-state index contributed by atoms with van der Waals surface area (Å²) >= 11 is 5.64. The molecule has 1 heterocycles. The third-order valence-corrected chi connectivity index (χ3v) is 3.97. The van der Waals surface area contributed by atoms with Gasteiger partial charge in [-0.25, -0.2) is 13.4 Å². The van der Waals surface area contributed by atoms with Crippen molar-refractivity contribution in [1.82, 2.24) is 13.9 Å². The molecule has 0 atom stereocenters. The first-order valence-electron chi connectivity index (χ1n) is 4.15. The van der Waals surface area contributed by atoms with Crippen LogP contribution < -0.4 is 0 Å². The van der Waals surface area contributed by atoms with Gasteiger partial charge in [-0.15, -0.1) is 0 Å². The standard InChI is InChI=1S/C7H12ClN3O3S/c1-10-5-6(9-7(10)8)15(13,14)11(2)3-4-12/h5,12H,3-4H2,1-2H3. The summed E-state index contributed by atoms with van der Waals surface area (Å²) in [4.78, 5) is 3.70. The summed E-state index contributed by atoms with van der Waals surface area (Å²) in [6.07, 6.45) is 1.32. The Hall–Kier alpha value is -0.630. The summed E-state index contributed by atoms with van der Waals surface area (Å²) in [7, 11) is -0.679. The van der Waals surface area contributed by atoms with Crippen LogP contribution in [-0.4, -0.2) is 47.6 Å². The molecule has 8 heteroatoms. The monoisotopic (exact) mass is 253 g/mol. The van der Waals surface area contributed by atoms with Crippen molar-refractivity contribution in [3.8, 4) is 0 Å². The van der Waals surface area contributed by atoms with Gasteiger partial charge in [0, 0.05) is 26.8 Å². The molecule has 1 rings (SSSR count). The topological polar surface area (TPSA) is 75.4 Å². The molecule has 0 unspecified atom stereocenters. The van der Waals surface area contributed by atoms with Crippen LogP contribution >= 0.6 is 11.6 Å². The Kier molecular flexibility index (Phi) is 3.72. The van der Waals surface area contributed by atoms with Crippen molar-refractivity contribution >= 4 is 21.6 Å². The quantitative estimate of drug-likeness (QED) is 0.799. The van der Waals surface area contributed by atoms with E-state index in [1.807, 2.05) is 0 Å². The van der Waals surface area contributed by atoms with Crippen molar-refractivity contribution < 1.29 is 13.5 Å². The van der Waals surface area contributed by atoms with Crippen LogP contribution in [0, 0.1) is 0 Å². The molecule has 0 aromatic carbocycles. The van der Waals surface area contributed by atoms with Crippen LogP contribution in [0.3, 0.4) is 0 Å². The van der Waals surface area contributed by atoms with Crippen LogP contribution in [0.2, 0.25) is 5.28 Å². The van der Waals surface area contributed by atoms with Crippen LogP contribution in [0.25, 0.3) is 0 Å². The van der Waals surface area contributed by atoms with E-state index in [2.05, 4.69) is 4.98 Å². The van der Waals surface area contributed by atoms with Crippen molar-refractivity contribution in [1.29, 1.82) is 0 Å². The highest BCUT2D eigenvalue weighted by molar-refractivity contribution is 7.89. The number of hydrogen-bond donors (Lipinski definition) is 1. The van der Waals surface area contributed by atoms with Crippen LogP contribution in [0.15, 0.2) is 11.2 Å². The molecule has 1 aromatic heterocycles. The van der Waals surface area contributed by atoms with Crippen molar-refractivity contribution in [3.05, 3.63) is 11.5 Å². The largest absolute Gasteiger partial charge is 0.395 e. The molecule has 15 heavy (non-hydrogen) atoms. The second kappa shape index (κ2) is 4.48. The molecule has 0 aliphatic carbocycles. The number of hydrogen-bond acceptors (Lipinski definition) is 4. The fourth-order valence-corrected chi connectivity index (χ4v) is 2.29. The number of halogens is 1. The van der Waals surface area contributed by atoms with Gasteiger partial charge < -0.3 is 9.67 Å². The van der Waals surface area contributed by atoms with Gasteiger partial charge in [-0.1, -0.05) is 0 Å². The van der Waals surface area contributed by atoms with Gasteiger partial charge in [0.2, 0.25) is 5.28 Å². The number of sulfonamides is 1. The van der Waals surface area contributed by atoms with E-state index < -0.39 is 10.0 Å². The Morgan fingerprint density at radius 1 is 1.67 bits per heavy atom. The fourth-order valence-electron chi connectivity index (χ4n) is 0.963. The highest BCUT2D eigenvalue weighted by Gasteiger charge is 2.23. The molecule has 86 valence electrons. The smallest absolute Gasteiger partial charge is 0.261 e. The molecular formula is C7H12ClN3O3S. The molecule has 0 saturated heterocycles. The summed E-state index contributed by atoms with van der Waals surface area (Å²) in [6.45, 7) is -0.215. The zero-order valence-corrected chi connectivity index (χ0v) is 9.96. The van der Waals surface area contributed by atoms with Gasteiger partial charge in [0.25, 0.3) is 10.0 Å². The van der Waals surface area contributed by atoms with Gasteiger partial charge in [0.05, 0.1) is 6.61 Å². The molecule has 0 aliphatic rings. The Morgan fingerprint density at radius 3 is 2.67 bits per heavy atom. The van der Waals surface area contributed by atoms with Gasteiger partial charge >= 0.3 is 0 Å². The van der Waals surface area contributed by atoms with Gasteiger partial charge in [-0.3, -0.25) is 0 Å². The highest BCUT2D eigenvalue weighted by atomic mass is 35.5. The molecule has 0 fully saturated rings. The number of nitrogens with zero attached hydrogens (tertiary/aromatic N) is 3. The Morgan fingerprint density at radius 2 is 2.27 bits per heavy atom. The van der Waals surface area contributed by atoms with E-state index >= 15 is 0 Å². The number of imidazole rings is 1. The molecule has 0 aliphatic heterocycles. The number of aliphatic hydroxyl groups excluding tert-OH is 1. The first kappa shape index (κ1) is 12.4. The molecule has 0 radical (unpaired) electrons. The molecular weight excluding hydrogens is 242 g/mol. The lowest BCUT2D eigenvalue weighted by Gasteiger charge is -2.13. The zero-order valence-electron chi connectivity index (χ0n) is 8.38. The number of aryl methyl sites for hydroxylation is 1. The Labute approximate surface area is 93.1 Å². The zero-order chi connectivity index (χ0) is 11.6. The number of rotatable bonds is 4. The molecule has 6 nitrogen and oxygen atoms in total. The first-order chi connectivity index (χ1) is 6.89. The first-order valence-corrected chi connectivity index (χ1v) is 5.97. The number of aromatic nitrogens is 2. The maximum absolute atomic E-state index is 11.8. The summed E-state index contributed by atoms with van der Waals surface area (Å²) in [5.41, 5.74) is 0. The lowest BCUT2D eigenvalue weighted by atomic mass is 10.7. The van der Waals surface area contributed by atoms with Crippen LogP contribution in [0.5, 0.6) is 0 Å². The van der Waals surface area contributed by atoms with Crippen LogP contribution in [-0.2, 0) is 17.1 Å². The van der Waals surface area contributed by atoms with Crippen molar-refractivity contribution in [2.75, 3.05) is 20.2 Å². The normalized spacial score (nSPS) is 12.3. The minimum atomic E-state index is -3.65. The van der Waals surface area contributed by atoms with E-state index in [4.69, 9.17) is 16.7 Å². The summed E-state index contributed by atoms with van der Waals surface area (Å²) in [6, 6.07) is 0. The van der Waals surface area contributed by atoms with E-state index in [9.17, 15) is 8.42 Å².